The third kappa shape index (κ3) is 2.27. The molecule has 2 nitrogen and oxygen atoms in total. The van der Waals surface area contributed by atoms with E-state index in [9.17, 15) is 0 Å². The highest BCUT2D eigenvalue weighted by Gasteiger charge is 2.20. The number of rotatable bonds is 2. The maximum absolute atomic E-state index is 5.53. The van der Waals surface area contributed by atoms with Crippen LogP contribution in [0.5, 0.6) is 0 Å². The van der Waals surface area contributed by atoms with Crippen LogP contribution >= 0.6 is 23.2 Å². The minimum Gasteiger partial charge on any atom is -0.372 e. The lowest BCUT2D eigenvalue weighted by molar-refractivity contribution is -0.116. The van der Waals surface area contributed by atoms with Gasteiger partial charge in [0.15, 0.2) is 0 Å². The van der Waals surface area contributed by atoms with Gasteiger partial charge < -0.3 is 9.47 Å². The summed E-state index contributed by atoms with van der Waals surface area (Å²) in [5.41, 5.74) is 0. The van der Waals surface area contributed by atoms with E-state index in [4.69, 9.17) is 32.7 Å². The molecule has 10 heavy (non-hydrogen) atoms. The Morgan fingerprint density at radius 1 is 1.00 bits per heavy atom. The number of hydrogen-bond acceptors (Lipinski definition) is 2. The largest absolute Gasteiger partial charge is 0.372 e. The molecular formula is C6H10Cl2O2. The number of ether oxygens (including phenoxy) is 2. The first-order valence-corrected chi connectivity index (χ1v) is 4.29. The first-order chi connectivity index (χ1) is 4.86. The quantitative estimate of drug-likeness (QED) is 0.602. The third-order valence-electron chi connectivity index (χ3n) is 1.38. The van der Waals surface area contributed by atoms with E-state index in [0.717, 1.165) is 0 Å². The van der Waals surface area contributed by atoms with Crippen LogP contribution in [0.1, 0.15) is 0 Å². The minimum absolute atomic E-state index is 0.0566. The SMILES string of the molecule is ClCC1COC(CCl)CO1. The molecule has 0 saturated carbocycles. The summed E-state index contributed by atoms with van der Waals surface area (Å²) in [5, 5.41) is 0. The monoisotopic (exact) mass is 184 g/mol. The van der Waals surface area contributed by atoms with Gasteiger partial charge in [0.25, 0.3) is 0 Å². The predicted molar refractivity (Wildman–Crippen MR) is 40.9 cm³/mol. The maximum atomic E-state index is 5.53. The molecule has 0 radical (unpaired) electrons. The molecule has 2 atom stereocenters. The predicted octanol–water partition coefficient (Wildman–Crippen LogP) is 1.25. The zero-order chi connectivity index (χ0) is 7.40. The average Bonchev–Trinajstić information content (AvgIpc) is 2.05. The zero-order valence-corrected chi connectivity index (χ0v) is 7.07. The lowest BCUT2D eigenvalue weighted by Crippen LogP contribution is -2.37. The van der Waals surface area contributed by atoms with Crippen molar-refractivity contribution in [1.29, 1.82) is 0 Å². The van der Waals surface area contributed by atoms with E-state index in [1.54, 1.807) is 0 Å². The summed E-state index contributed by atoms with van der Waals surface area (Å²) in [4.78, 5) is 0. The summed E-state index contributed by atoms with van der Waals surface area (Å²) in [6.45, 7) is 1.14. The maximum Gasteiger partial charge on any atom is 0.0944 e. The summed E-state index contributed by atoms with van der Waals surface area (Å²) in [7, 11) is 0. The second kappa shape index (κ2) is 4.39. The van der Waals surface area contributed by atoms with E-state index in [1.807, 2.05) is 0 Å². The van der Waals surface area contributed by atoms with Gasteiger partial charge in [0.05, 0.1) is 37.2 Å². The molecule has 0 spiro atoms. The molecule has 4 heteroatoms. The van der Waals surface area contributed by atoms with E-state index >= 15 is 0 Å². The fraction of sp³-hybridized carbons (Fsp3) is 1.00. The van der Waals surface area contributed by atoms with Gasteiger partial charge in [0.2, 0.25) is 0 Å². The van der Waals surface area contributed by atoms with Crippen molar-refractivity contribution < 1.29 is 9.47 Å². The van der Waals surface area contributed by atoms with Crippen LogP contribution in [0.3, 0.4) is 0 Å². The van der Waals surface area contributed by atoms with Crippen molar-refractivity contribution in [3.05, 3.63) is 0 Å². The van der Waals surface area contributed by atoms with Crippen molar-refractivity contribution in [3.63, 3.8) is 0 Å². The second-order valence-corrected chi connectivity index (χ2v) is 2.84. The van der Waals surface area contributed by atoms with Gasteiger partial charge in [-0.3, -0.25) is 0 Å². The lowest BCUT2D eigenvalue weighted by Gasteiger charge is -2.26. The van der Waals surface area contributed by atoms with Crippen LogP contribution in [-0.2, 0) is 9.47 Å². The van der Waals surface area contributed by atoms with Gasteiger partial charge in [-0.1, -0.05) is 0 Å². The van der Waals surface area contributed by atoms with Crippen LogP contribution in [0.25, 0.3) is 0 Å². The van der Waals surface area contributed by atoms with Crippen molar-refractivity contribution in [2.24, 2.45) is 0 Å². The van der Waals surface area contributed by atoms with E-state index in [1.165, 1.54) is 0 Å². The summed E-state index contributed by atoms with van der Waals surface area (Å²) < 4.78 is 10.6. The van der Waals surface area contributed by atoms with Gasteiger partial charge in [0, 0.05) is 0 Å². The van der Waals surface area contributed by atoms with Crippen molar-refractivity contribution in [2.45, 2.75) is 12.2 Å². The smallest absolute Gasteiger partial charge is 0.0944 e. The molecule has 1 rings (SSSR count). The Hall–Kier alpha value is 0.500. The van der Waals surface area contributed by atoms with Crippen molar-refractivity contribution >= 4 is 23.2 Å². The van der Waals surface area contributed by atoms with Crippen LogP contribution in [0, 0.1) is 0 Å². The fourth-order valence-corrected chi connectivity index (χ4v) is 1.12. The van der Waals surface area contributed by atoms with E-state index in [2.05, 4.69) is 0 Å². The highest BCUT2D eigenvalue weighted by Crippen LogP contribution is 2.09. The first-order valence-electron chi connectivity index (χ1n) is 3.22. The molecular weight excluding hydrogens is 175 g/mol. The molecule has 0 bridgehead atoms. The molecule has 60 valence electrons. The number of hydrogen-bond donors (Lipinski definition) is 0. The van der Waals surface area contributed by atoms with E-state index in [0.29, 0.717) is 25.0 Å². The van der Waals surface area contributed by atoms with Crippen molar-refractivity contribution in [1.82, 2.24) is 0 Å². The molecule has 0 aromatic heterocycles. The number of halogens is 2. The Morgan fingerprint density at radius 3 is 1.60 bits per heavy atom. The fourth-order valence-electron chi connectivity index (χ4n) is 0.761. The first kappa shape index (κ1) is 8.60. The molecule has 1 heterocycles. The summed E-state index contributed by atoms with van der Waals surface area (Å²) in [6, 6.07) is 0. The van der Waals surface area contributed by atoms with E-state index in [-0.39, 0.29) is 12.2 Å². The van der Waals surface area contributed by atoms with Gasteiger partial charge >= 0.3 is 0 Å². The highest BCUT2D eigenvalue weighted by atomic mass is 35.5. The lowest BCUT2D eigenvalue weighted by atomic mass is 10.3. The molecule has 0 aliphatic carbocycles. The van der Waals surface area contributed by atoms with Crippen LogP contribution < -0.4 is 0 Å². The van der Waals surface area contributed by atoms with Gasteiger partial charge in [-0.15, -0.1) is 23.2 Å². The molecule has 0 aromatic carbocycles. The van der Waals surface area contributed by atoms with Gasteiger partial charge in [-0.25, -0.2) is 0 Å². The van der Waals surface area contributed by atoms with E-state index < -0.39 is 0 Å². The van der Waals surface area contributed by atoms with Crippen LogP contribution in [0.2, 0.25) is 0 Å². The third-order valence-corrected chi connectivity index (χ3v) is 2.07. The summed E-state index contributed by atoms with van der Waals surface area (Å²) >= 11 is 11.1. The van der Waals surface area contributed by atoms with Crippen LogP contribution in [-0.4, -0.2) is 37.2 Å². The van der Waals surface area contributed by atoms with Crippen molar-refractivity contribution in [3.8, 4) is 0 Å². The van der Waals surface area contributed by atoms with Crippen LogP contribution in [0.15, 0.2) is 0 Å². The van der Waals surface area contributed by atoms with Gasteiger partial charge in [-0.2, -0.15) is 0 Å². The van der Waals surface area contributed by atoms with Gasteiger partial charge in [-0.05, 0) is 0 Å². The molecule has 0 amide bonds. The summed E-state index contributed by atoms with van der Waals surface area (Å²) in [6.07, 6.45) is 0.113. The molecule has 1 aliphatic rings. The van der Waals surface area contributed by atoms with Gasteiger partial charge in [0.1, 0.15) is 0 Å². The standard InChI is InChI=1S/C6H10Cl2O2/c7-1-5-3-10-6(2-8)4-9-5/h5-6H,1-4H2. The molecule has 0 aromatic rings. The molecule has 2 unspecified atom stereocenters. The second-order valence-electron chi connectivity index (χ2n) is 2.22. The minimum atomic E-state index is 0.0566. The topological polar surface area (TPSA) is 18.5 Å². The Balaban J connectivity index is 2.17. The Bertz CT molecular complexity index is 79.7. The zero-order valence-electron chi connectivity index (χ0n) is 5.56. The number of alkyl halides is 2. The molecule has 1 saturated heterocycles. The Kier molecular flexibility index (Phi) is 3.78. The van der Waals surface area contributed by atoms with Crippen LogP contribution in [0.4, 0.5) is 0 Å². The summed E-state index contributed by atoms with van der Waals surface area (Å²) in [5.74, 6) is 0.990. The highest BCUT2D eigenvalue weighted by molar-refractivity contribution is 6.18. The van der Waals surface area contributed by atoms with Crippen molar-refractivity contribution in [2.75, 3.05) is 25.0 Å². The Morgan fingerprint density at radius 2 is 1.40 bits per heavy atom. The Labute approximate surface area is 70.4 Å². The molecule has 1 aliphatic heterocycles. The average molecular weight is 185 g/mol. The normalized spacial score (nSPS) is 34.2. The molecule has 1 fully saturated rings. The molecule has 0 N–H and O–H groups in total.